The van der Waals surface area contributed by atoms with Crippen LogP contribution in [0.3, 0.4) is 0 Å². The summed E-state index contributed by atoms with van der Waals surface area (Å²) in [5, 5.41) is 3.01. The number of carbonyl (C=O) groups is 3. The van der Waals surface area contributed by atoms with Gasteiger partial charge in [0.15, 0.2) is 11.5 Å². The molecule has 0 bridgehead atoms. The fraction of sp³-hybridized carbons (Fsp3) is 0.423. The van der Waals surface area contributed by atoms with Crippen molar-refractivity contribution in [1.82, 2.24) is 15.1 Å². The first kappa shape index (κ1) is 23.2. The number of hydrogen-bond acceptors (Lipinski definition) is 6. The van der Waals surface area contributed by atoms with Crippen LogP contribution in [0.1, 0.15) is 52.2 Å². The molecule has 1 saturated heterocycles. The fourth-order valence-electron chi connectivity index (χ4n) is 5.57. The van der Waals surface area contributed by atoms with E-state index in [1.54, 1.807) is 41.3 Å². The normalized spacial score (nSPS) is 21.0. The third-order valence-corrected chi connectivity index (χ3v) is 7.24. The Balaban J connectivity index is 1.49. The largest absolute Gasteiger partial charge is 0.493 e. The number of rotatable bonds is 7. The maximum absolute atomic E-state index is 13.7. The maximum atomic E-state index is 13.7. The number of fused-ring (bicyclic) bond motifs is 5. The molecule has 2 atom stereocenters. The van der Waals surface area contributed by atoms with Gasteiger partial charge in [0.2, 0.25) is 5.91 Å². The van der Waals surface area contributed by atoms with Crippen LogP contribution < -0.4 is 19.7 Å². The van der Waals surface area contributed by atoms with E-state index < -0.39 is 6.17 Å². The number of nitrogens with zero attached hydrogens (tertiary/aromatic N) is 3. The molecule has 35 heavy (non-hydrogen) atoms. The Morgan fingerprint density at radius 3 is 2.63 bits per heavy atom. The number of anilines is 1. The monoisotopic (exact) mass is 478 g/mol. The van der Waals surface area contributed by atoms with Crippen molar-refractivity contribution in [3.63, 3.8) is 0 Å². The van der Waals surface area contributed by atoms with Crippen LogP contribution in [0.15, 0.2) is 36.4 Å². The van der Waals surface area contributed by atoms with Crippen LogP contribution in [-0.4, -0.2) is 74.0 Å². The van der Waals surface area contributed by atoms with Crippen LogP contribution in [0.4, 0.5) is 5.69 Å². The second kappa shape index (κ2) is 9.22. The molecule has 0 unspecified atom stereocenters. The minimum atomic E-state index is -0.746. The van der Waals surface area contributed by atoms with E-state index in [-0.39, 0.29) is 24.3 Å². The van der Waals surface area contributed by atoms with Gasteiger partial charge in [0, 0.05) is 18.2 Å². The molecule has 0 aliphatic carbocycles. The van der Waals surface area contributed by atoms with Gasteiger partial charge in [-0.15, -0.1) is 0 Å². The molecule has 0 aromatic heterocycles. The predicted molar refractivity (Wildman–Crippen MR) is 130 cm³/mol. The molecule has 2 aromatic carbocycles. The maximum Gasteiger partial charge on any atom is 0.264 e. The van der Waals surface area contributed by atoms with Crippen molar-refractivity contribution in [3.8, 4) is 11.5 Å². The molecular weight excluding hydrogens is 448 g/mol. The Morgan fingerprint density at radius 2 is 1.89 bits per heavy atom. The molecule has 3 aliphatic rings. The van der Waals surface area contributed by atoms with Gasteiger partial charge < -0.3 is 19.7 Å². The number of hydrogen-bond donors (Lipinski definition) is 1. The first-order valence-corrected chi connectivity index (χ1v) is 12.0. The van der Waals surface area contributed by atoms with E-state index in [2.05, 4.69) is 17.1 Å². The summed E-state index contributed by atoms with van der Waals surface area (Å²) in [6, 6.07) is 10.8. The minimum absolute atomic E-state index is 0.158. The Morgan fingerprint density at radius 1 is 1.09 bits per heavy atom. The smallest absolute Gasteiger partial charge is 0.264 e. The summed E-state index contributed by atoms with van der Waals surface area (Å²) in [5.41, 5.74) is 1.86. The lowest BCUT2D eigenvalue weighted by Gasteiger charge is -2.40. The van der Waals surface area contributed by atoms with Crippen LogP contribution >= 0.6 is 0 Å². The van der Waals surface area contributed by atoms with Crippen molar-refractivity contribution in [3.05, 3.63) is 53.1 Å². The van der Waals surface area contributed by atoms with Crippen LogP contribution in [0.5, 0.6) is 11.5 Å². The van der Waals surface area contributed by atoms with E-state index >= 15 is 0 Å². The molecule has 3 amide bonds. The third-order valence-electron chi connectivity index (χ3n) is 7.24. The highest BCUT2D eigenvalue weighted by Gasteiger charge is 2.50. The van der Waals surface area contributed by atoms with E-state index in [0.29, 0.717) is 46.5 Å². The number of likely N-dealkylation sites (tertiary alicyclic amines) is 1. The van der Waals surface area contributed by atoms with E-state index in [9.17, 15) is 14.4 Å². The molecule has 0 radical (unpaired) electrons. The number of methoxy groups -OCH3 is 2. The third kappa shape index (κ3) is 3.70. The lowest BCUT2D eigenvalue weighted by atomic mass is 10.0. The van der Waals surface area contributed by atoms with E-state index in [4.69, 9.17) is 9.47 Å². The van der Waals surface area contributed by atoms with Crippen LogP contribution in [0.25, 0.3) is 0 Å². The van der Waals surface area contributed by atoms with E-state index in [1.807, 2.05) is 0 Å². The quantitative estimate of drug-likeness (QED) is 0.657. The summed E-state index contributed by atoms with van der Waals surface area (Å²) in [6.07, 6.45) is 1.42. The highest BCUT2D eigenvalue weighted by atomic mass is 16.5. The molecule has 0 saturated carbocycles. The second-order valence-corrected chi connectivity index (χ2v) is 8.99. The van der Waals surface area contributed by atoms with Crippen molar-refractivity contribution in [2.45, 2.75) is 32.0 Å². The average molecular weight is 479 g/mol. The average Bonchev–Trinajstić information content (AvgIpc) is 3.46. The topological polar surface area (TPSA) is 91.4 Å². The van der Waals surface area contributed by atoms with Crippen LogP contribution in [0, 0.1) is 0 Å². The van der Waals surface area contributed by atoms with Gasteiger partial charge >= 0.3 is 0 Å². The molecule has 2 aromatic rings. The minimum Gasteiger partial charge on any atom is -0.493 e. The fourth-order valence-corrected chi connectivity index (χ4v) is 5.57. The van der Waals surface area contributed by atoms with E-state index in [0.717, 1.165) is 25.9 Å². The van der Waals surface area contributed by atoms with Crippen molar-refractivity contribution in [1.29, 1.82) is 0 Å². The summed E-state index contributed by atoms with van der Waals surface area (Å²) in [6.45, 7) is 4.49. The van der Waals surface area contributed by atoms with Gasteiger partial charge in [0.05, 0.1) is 31.0 Å². The predicted octanol–water partition coefficient (Wildman–Crippen LogP) is 2.42. The summed E-state index contributed by atoms with van der Waals surface area (Å²) < 4.78 is 10.9. The molecule has 0 spiro atoms. The lowest BCUT2D eigenvalue weighted by Crippen LogP contribution is -2.52. The number of carbonyl (C=O) groups excluding carboxylic acids is 3. The van der Waals surface area contributed by atoms with Gasteiger partial charge in [0.1, 0.15) is 12.7 Å². The summed E-state index contributed by atoms with van der Waals surface area (Å²) in [5.74, 6) is -0.0823. The van der Waals surface area contributed by atoms with Gasteiger partial charge in [-0.05, 0) is 44.1 Å². The van der Waals surface area contributed by atoms with Gasteiger partial charge in [-0.2, -0.15) is 0 Å². The standard InChI is InChI=1S/C26H30N4O5/c1-4-28-13-7-8-16(28)14-27-21(31)15-29-24-18-11-12-20(34-2)23(35-3)22(18)26(33)30(24)19-10-6-5-9-17(19)25(29)32/h5-6,9-12,16,24H,4,7-8,13-15H2,1-3H3,(H,27,31)/t16-,24+/m0/s1. The molecular formula is C26H30N4O5. The molecule has 3 heterocycles. The zero-order chi connectivity index (χ0) is 24.7. The Hall–Kier alpha value is -3.59. The Kier molecular flexibility index (Phi) is 6.10. The number of likely N-dealkylation sites (N-methyl/N-ethyl adjacent to an activating group) is 1. The summed E-state index contributed by atoms with van der Waals surface area (Å²) in [4.78, 5) is 45.7. The van der Waals surface area contributed by atoms with Crippen molar-refractivity contribution in [2.24, 2.45) is 0 Å². The van der Waals surface area contributed by atoms with Crippen LogP contribution in [-0.2, 0) is 4.79 Å². The van der Waals surface area contributed by atoms with Crippen molar-refractivity contribution in [2.75, 3.05) is 45.3 Å². The van der Waals surface area contributed by atoms with Gasteiger partial charge in [-0.25, -0.2) is 0 Å². The lowest BCUT2D eigenvalue weighted by molar-refractivity contribution is -0.122. The number of para-hydroxylation sites is 1. The van der Waals surface area contributed by atoms with Crippen molar-refractivity contribution >= 4 is 23.4 Å². The number of benzene rings is 2. The first-order valence-electron chi connectivity index (χ1n) is 12.0. The second-order valence-electron chi connectivity index (χ2n) is 8.99. The number of amides is 3. The van der Waals surface area contributed by atoms with Crippen LogP contribution in [0.2, 0.25) is 0 Å². The summed E-state index contributed by atoms with van der Waals surface area (Å²) in [7, 11) is 2.99. The van der Waals surface area contributed by atoms with E-state index in [1.165, 1.54) is 19.1 Å². The molecule has 1 fully saturated rings. The highest BCUT2D eigenvalue weighted by molar-refractivity contribution is 6.18. The van der Waals surface area contributed by atoms with Gasteiger partial charge in [0.25, 0.3) is 11.8 Å². The Bertz CT molecular complexity index is 1180. The van der Waals surface area contributed by atoms with Gasteiger partial charge in [-0.1, -0.05) is 25.1 Å². The molecule has 9 heteroatoms. The van der Waals surface area contributed by atoms with Crippen molar-refractivity contribution < 1.29 is 23.9 Å². The number of ether oxygens (including phenoxy) is 2. The number of nitrogens with one attached hydrogen (secondary N) is 1. The SMILES string of the molecule is CCN1CCC[C@H]1CNC(=O)CN1C(=O)c2ccccc2N2C(=O)c3c(ccc(OC)c3OC)[C@H]12. The zero-order valence-electron chi connectivity index (χ0n) is 20.2. The zero-order valence-corrected chi connectivity index (χ0v) is 20.2. The first-order chi connectivity index (χ1) is 17.0. The summed E-state index contributed by atoms with van der Waals surface area (Å²) >= 11 is 0. The molecule has 1 N–H and O–H groups in total. The molecule has 5 rings (SSSR count). The highest BCUT2D eigenvalue weighted by Crippen LogP contribution is 2.49. The molecule has 9 nitrogen and oxygen atoms in total. The van der Waals surface area contributed by atoms with Gasteiger partial charge in [-0.3, -0.25) is 24.2 Å². The Labute approximate surface area is 204 Å². The molecule has 3 aliphatic heterocycles. The molecule has 184 valence electrons.